The maximum absolute atomic E-state index is 11.4. The molecule has 20 heavy (non-hydrogen) atoms. The first-order valence-electron chi connectivity index (χ1n) is 5.75. The third kappa shape index (κ3) is 2.59. The minimum absolute atomic E-state index is 0.0965. The van der Waals surface area contributed by atoms with E-state index in [0.717, 1.165) is 0 Å². The molecule has 2 N–H and O–H groups in total. The Kier molecular flexibility index (Phi) is 3.65. The van der Waals surface area contributed by atoms with Gasteiger partial charge in [-0.15, -0.1) is 0 Å². The van der Waals surface area contributed by atoms with Crippen LogP contribution in [0.25, 0.3) is 11.1 Å². The number of nitro groups is 1. The van der Waals surface area contributed by atoms with Crippen LogP contribution in [0.2, 0.25) is 0 Å². The summed E-state index contributed by atoms with van der Waals surface area (Å²) in [6.45, 7) is 0. The second-order valence-electron chi connectivity index (χ2n) is 4.08. The van der Waals surface area contributed by atoms with Gasteiger partial charge in [-0.1, -0.05) is 12.1 Å². The van der Waals surface area contributed by atoms with Crippen molar-refractivity contribution >= 4 is 11.6 Å². The number of nitro benzene ring substituents is 1. The fourth-order valence-electron chi connectivity index (χ4n) is 1.87. The van der Waals surface area contributed by atoms with Gasteiger partial charge in [0.25, 0.3) is 5.69 Å². The minimum atomic E-state index is -0.634. The van der Waals surface area contributed by atoms with Crippen molar-refractivity contribution in [2.45, 2.75) is 0 Å². The number of nitrogens with zero attached hydrogens (tertiary/aromatic N) is 1. The van der Waals surface area contributed by atoms with Gasteiger partial charge >= 0.3 is 0 Å². The number of amides is 1. The molecule has 0 aromatic heterocycles. The van der Waals surface area contributed by atoms with Crippen LogP contribution in [0.15, 0.2) is 42.5 Å². The van der Waals surface area contributed by atoms with Crippen LogP contribution in [0.4, 0.5) is 5.69 Å². The summed E-state index contributed by atoms with van der Waals surface area (Å²) in [5.41, 5.74) is 6.52. The summed E-state index contributed by atoms with van der Waals surface area (Å²) in [6.07, 6.45) is 0. The zero-order chi connectivity index (χ0) is 14.7. The highest BCUT2D eigenvalue weighted by atomic mass is 16.6. The second kappa shape index (κ2) is 5.40. The van der Waals surface area contributed by atoms with Crippen LogP contribution in [0.3, 0.4) is 0 Å². The van der Waals surface area contributed by atoms with E-state index in [-0.39, 0.29) is 11.3 Å². The Hall–Kier alpha value is -2.89. The van der Waals surface area contributed by atoms with Crippen LogP contribution in [-0.4, -0.2) is 17.9 Å². The number of methoxy groups -OCH3 is 1. The van der Waals surface area contributed by atoms with Crippen molar-refractivity contribution in [2.24, 2.45) is 5.73 Å². The van der Waals surface area contributed by atoms with Gasteiger partial charge in [0.2, 0.25) is 5.91 Å². The number of primary amides is 1. The highest BCUT2D eigenvalue weighted by molar-refractivity contribution is 6.00. The molecule has 6 heteroatoms. The molecular formula is C14H12N2O4. The number of hydrogen-bond donors (Lipinski definition) is 1. The highest BCUT2D eigenvalue weighted by Crippen LogP contribution is 2.29. The highest BCUT2D eigenvalue weighted by Gasteiger charge is 2.15. The molecule has 6 nitrogen and oxygen atoms in total. The van der Waals surface area contributed by atoms with Gasteiger partial charge in [0.05, 0.1) is 12.0 Å². The smallest absolute Gasteiger partial charge is 0.270 e. The summed E-state index contributed by atoms with van der Waals surface area (Å²) in [5, 5.41) is 10.8. The lowest BCUT2D eigenvalue weighted by atomic mass is 9.98. The topological polar surface area (TPSA) is 95.5 Å². The van der Waals surface area contributed by atoms with E-state index >= 15 is 0 Å². The van der Waals surface area contributed by atoms with Crippen molar-refractivity contribution in [2.75, 3.05) is 7.11 Å². The van der Waals surface area contributed by atoms with Crippen LogP contribution in [0.1, 0.15) is 10.4 Å². The van der Waals surface area contributed by atoms with E-state index in [1.54, 1.807) is 24.3 Å². The predicted molar refractivity (Wildman–Crippen MR) is 73.6 cm³/mol. The van der Waals surface area contributed by atoms with Crippen LogP contribution in [0, 0.1) is 10.1 Å². The molecule has 2 rings (SSSR count). The maximum Gasteiger partial charge on any atom is 0.270 e. The molecule has 0 atom stereocenters. The molecule has 2 aromatic rings. The van der Waals surface area contributed by atoms with Gasteiger partial charge in [-0.3, -0.25) is 14.9 Å². The molecule has 0 aliphatic rings. The second-order valence-corrected chi connectivity index (χ2v) is 4.08. The summed E-state index contributed by atoms with van der Waals surface area (Å²) in [5.74, 6) is 0.0190. The SMILES string of the molecule is COc1ccc(-c2cc([N+](=O)[O-])ccc2C(N)=O)cc1. The summed E-state index contributed by atoms with van der Waals surface area (Å²) < 4.78 is 5.04. The number of carbonyl (C=O) groups is 1. The first-order valence-corrected chi connectivity index (χ1v) is 5.75. The molecule has 0 heterocycles. The molecule has 2 aromatic carbocycles. The van der Waals surface area contributed by atoms with Gasteiger partial charge in [-0.05, 0) is 23.8 Å². The van der Waals surface area contributed by atoms with Crippen molar-refractivity contribution in [1.82, 2.24) is 0 Å². The zero-order valence-electron chi connectivity index (χ0n) is 10.7. The van der Waals surface area contributed by atoms with Gasteiger partial charge in [-0.2, -0.15) is 0 Å². The molecule has 0 unspecified atom stereocenters. The lowest BCUT2D eigenvalue weighted by molar-refractivity contribution is -0.384. The number of nitrogens with two attached hydrogens (primary N) is 1. The first kappa shape index (κ1) is 13.5. The number of non-ortho nitro benzene ring substituents is 1. The van der Waals surface area contributed by atoms with Gasteiger partial charge in [0, 0.05) is 23.3 Å². The number of hydrogen-bond acceptors (Lipinski definition) is 4. The van der Waals surface area contributed by atoms with E-state index in [1.807, 2.05) is 0 Å². The Morgan fingerprint density at radius 2 is 1.85 bits per heavy atom. The van der Waals surface area contributed by atoms with Gasteiger partial charge in [0.1, 0.15) is 5.75 Å². The monoisotopic (exact) mass is 272 g/mol. The Morgan fingerprint density at radius 1 is 1.20 bits per heavy atom. The fourth-order valence-corrected chi connectivity index (χ4v) is 1.87. The third-order valence-corrected chi connectivity index (χ3v) is 2.88. The summed E-state index contributed by atoms with van der Waals surface area (Å²) in [4.78, 5) is 21.7. The van der Waals surface area contributed by atoms with Crippen molar-refractivity contribution in [1.29, 1.82) is 0 Å². The van der Waals surface area contributed by atoms with Crippen LogP contribution < -0.4 is 10.5 Å². The van der Waals surface area contributed by atoms with Crippen LogP contribution in [0.5, 0.6) is 5.75 Å². The molecular weight excluding hydrogens is 260 g/mol. The van der Waals surface area contributed by atoms with E-state index in [2.05, 4.69) is 0 Å². The Balaban J connectivity index is 2.58. The number of ether oxygens (including phenoxy) is 1. The molecule has 1 amide bonds. The summed E-state index contributed by atoms with van der Waals surface area (Å²) in [6, 6.07) is 10.8. The molecule has 0 aliphatic heterocycles. The average Bonchev–Trinajstić information content (AvgIpc) is 2.46. The molecule has 0 radical (unpaired) electrons. The number of rotatable bonds is 4. The number of carbonyl (C=O) groups excluding carboxylic acids is 1. The van der Waals surface area contributed by atoms with Gasteiger partial charge in [-0.25, -0.2) is 0 Å². The average molecular weight is 272 g/mol. The molecule has 0 saturated carbocycles. The standard InChI is InChI=1S/C14H12N2O4/c1-20-11-5-2-9(3-6-11)13-8-10(16(18)19)4-7-12(13)14(15)17/h2-8H,1H3,(H2,15,17). The molecule has 0 bridgehead atoms. The van der Waals surface area contributed by atoms with Crippen molar-refractivity contribution < 1.29 is 14.5 Å². The van der Waals surface area contributed by atoms with Crippen molar-refractivity contribution in [3.05, 3.63) is 58.1 Å². The Morgan fingerprint density at radius 3 is 2.35 bits per heavy atom. The minimum Gasteiger partial charge on any atom is -0.497 e. The molecule has 0 fully saturated rings. The van der Waals surface area contributed by atoms with Gasteiger partial charge < -0.3 is 10.5 Å². The molecule has 0 spiro atoms. The normalized spacial score (nSPS) is 10.1. The van der Waals surface area contributed by atoms with Crippen molar-refractivity contribution in [3.63, 3.8) is 0 Å². The largest absolute Gasteiger partial charge is 0.497 e. The number of benzene rings is 2. The third-order valence-electron chi connectivity index (χ3n) is 2.88. The lowest BCUT2D eigenvalue weighted by Crippen LogP contribution is -2.12. The lowest BCUT2D eigenvalue weighted by Gasteiger charge is -2.08. The molecule has 0 saturated heterocycles. The first-order chi connectivity index (χ1) is 9.52. The Labute approximate surface area is 114 Å². The predicted octanol–water partition coefficient (Wildman–Crippen LogP) is 2.37. The van der Waals surface area contributed by atoms with Gasteiger partial charge in [0.15, 0.2) is 0 Å². The van der Waals surface area contributed by atoms with E-state index in [0.29, 0.717) is 16.9 Å². The quantitative estimate of drug-likeness (QED) is 0.682. The van der Waals surface area contributed by atoms with Crippen LogP contribution in [-0.2, 0) is 0 Å². The summed E-state index contributed by atoms with van der Waals surface area (Å²) in [7, 11) is 1.54. The van der Waals surface area contributed by atoms with E-state index < -0.39 is 10.8 Å². The van der Waals surface area contributed by atoms with Crippen LogP contribution >= 0.6 is 0 Å². The molecule has 0 aliphatic carbocycles. The zero-order valence-corrected chi connectivity index (χ0v) is 10.7. The Bertz CT molecular complexity index is 665. The molecule has 102 valence electrons. The fraction of sp³-hybridized carbons (Fsp3) is 0.0714. The van der Waals surface area contributed by atoms with Crippen molar-refractivity contribution in [3.8, 4) is 16.9 Å². The maximum atomic E-state index is 11.4. The van der Waals surface area contributed by atoms with E-state index in [1.165, 1.54) is 25.3 Å². The van der Waals surface area contributed by atoms with E-state index in [4.69, 9.17) is 10.5 Å². The van der Waals surface area contributed by atoms with E-state index in [9.17, 15) is 14.9 Å². The summed E-state index contributed by atoms with van der Waals surface area (Å²) >= 11 is 0.